The Morgan fingerprint density at radius 3 is 1.47 bits per heavy atom. The molecule has 0 radical (unpaired) electrons. The fourth-order valence-corrected chi connectivity index (χ4v) is 8.42. The van der Waals surface area contributed by atoms with Gasteiger partial charge >= 0.3 is 0 Å². The van der Waals surface area contributed by atoms with Crippen molar-refractivity contribution in [2.75, 3.05) is 0 Å². The summed E-state index contributed by atoms with van der Waals surface area (Å²) in [6, 6.07) is 62.8. The molecule has 0 spiro atoms. The number of nitrogens with zero attached hydrogens (tertiary/aromatic N) is 4. The lowest BCUT2D eigenvalue weighted by atomic mass is 9.94. The van der Waals surface area contributed by atoms with Crippen molar-refractivity contribution in [2.24, 2.45) is 0 Å². The minimum Gasteiger partial charge on any atom is -0.456 e. The molecule has 8 aromatic carbocycles. The maximum Gasteiger partial charge on any atom is 0.164 e. The predicted molar refractivity (Wildman–Crippen MR) is 242 cm³/mol. The maximum atomic E-state index is 6.23. The number of fused-ring (bicyclic) bond motifs is 7. The summed E-state index contributed by atoms with van der Waals surface area (Å²) < 4.78 is 12.5. The van der Waals surface area contributed by atoms with Gasteiger partial charge in [0.1, 0.15) is 22.3 Å². The fraction of sp³-hybridized carbons (Fsp3) is 0. The quantitative estimate of drug-likeness (QED) is 0.168. The summed E-state index contributed by atoms with van der Waals surface area (Å²) in [6.45, 7) is 0. The Hall–Kier alpha value is -8.22. The second-order valence-corrected chi connectivity index (χ2v) is 15.1. The second-order valence-electron chi connectivity index (χ2n) is 15.1. The summed E-state index contributed by atoms with van der Waals surface area (Å²) in [5.74, 6) is 1.77. The standard InChI is InChI=1S/C54H32N4O2/c1-2-12-42-34(9-1)10-7-15-45(42)54-57-52(35-20-18-33(19-21-35)38-11-8-26-55-32-38)56-53(58-54)41-28-39(36-22-24-50-46(30-36)43-13-3-5-16-48(43)59-50)27-40(29-41)37-23-25-51-47(31-37)44-14-4-6-17-49(44)60-51/h1-32H. The first-order valence-electron chi connectivity index (χ1n) is 19.9. The van der Waals surface area contributed by atoms with E-state index in [1.807, 2.05) is 36.5 Å². The van der Waals surface area contributed by atoms with Crippen LogP contribution in [0.15, 0.2) is 203 Å². The molecule has 0 bridgehead atoms. The van der Waals surface area contributed by atoms with Crippen LogP contribution in [0.5, 0.6) is 0 Å². The topological polar surface area (TPSA) is 77.8 Å². The van der Waals surface area contributed by atoms with Crippen molar-refractivity contribution in [3.05, 3.63) is 194 Å². The number of aromatic nitrogens is 4. The molecule has 0 aliphatic rings. The molecule has 0 amide bonds. The average Bonchev–Trinajstić information content (AvgIpc) is 3.89. The molecule has 4 heterocycles. The molecule has 0 fully saturated rings. The third kappa shape index (κ3) is 5.81. The highest BCUT2D eigenvalue weighted by molar-refractivity contribution is 6.08. The lowest BCUT2D eigenvalue weighted by molar-refractivity contribution is 0.668. The summed E-state index contributed by atoms with van der Waals surface area (Å²) >= 11 is 0. The minimum absolute atomic E-state index is 0.576. The van der Waals surface area contributed by atoms with Gasteiger partial charge in [-0.2, -0.15) is 0 Å². The van der Waals surface area contributed by atoms with Crippen molar-refractivity contribution < 1.29 is 8.83 Å². The van der Waals surface area contributed by atoms with E-state index >= 15 is 0 Å². The molecule has 12 aromatic rings. The van der Waals surface area contributed by atoms with Gasteiger partial charge in [-0.3, -0.25) is 4.98 Å². The van der Waals surface area contributed by atoms with E-state index in [4.69, 9.17) is 23.8 Å². The first kappa shape index (κ1) is 33.9. The van der Waals surface area contributed by atoms with E-state index in [9.17, 15) is 0 Å². The van der Waals surface area contributed by atoms with Crippen LogP contribution >= 0.6 is 0 Å². The molecule has 6 nitrogen and oxygen atoms in total. The molecule has 0 aliphatic carbocycles. The van der Waals surface area contributed by atoms with Crippen LogP contribution in [0.3, 0.4) is 0 Å². The van der Waals surface area contributed by atoms with Gasteiger partial charge in [0, 0.05) is 50.6 Å². The molecule has 0 N–H and O–H groups in total. The SMILES string of the molecule is c1cncc(-c2ccc(-c3nc(-c4cc(-c5ccc6oc7ccccc7c6c5)cc(-c5ccc6oc7ccccc7c6c5)c4)nc(-c4cccc5ccccc45)n3)cc2)c1. The zero-order chi connectivity index (χ0) is 39.6. The summed E-state index contributed by atoms with van der Waals surface area (Å²) in [6.07, 6.45) is 3.66. The molecule has 0 saturated carbocycles. The van der Waals surface area contributed by atoms with Crippen LogP contribution in [0.4, 0.5) is 0 Å². The molecule has 0 atom stereocenters. The van der Waals surface area contributed by atoms with E-state index in [1.165, 1.54) is 0 Å². The normalized spacial score (nSPS) is 11.7. The van der Waals surface area contributed by atoms with Crippen LogP contribution in [-0.2, 0) is 0 Å². The van der Waals surface area contributed by atoms with Gasteiger partial charge in [0.25, 0.3) is 0 Å². The van der Waals surface area contributed by atoms with Gasteiger partial charge in [0.2, 0.25) is 0 Å². The van der Waals surface area contributed by atoms with Gasteiger partial charge in [-0.05, 0) is 105 Å². The lowest BCUT2D eigenvalue weighted by Crippen LogP contribution is -2.01. The van der Waals surface area contributed by atoms with Crippen molar-refractivity contribution in [1.29, 1.82) is 0 Å². The van der Waals surface area contributed by atoms with E-state index in [0.717, 1.165) is 105 Å². The van der Waals surface area contributed by atoms with Crippen LogP contribution in [0.1, 0.15) is 0 Å². The van der Waals surface area contributed by atoms with Crippen molar-refractivity contribution in [2.45, 2.75) is 0 Å². The summed E-state index contributed by atoms with van der Waals surface area (Å²) in [5.41, 5.74) is 12.4. The fourth-order valence-electron chi connectivity index (χ4n) is 8.42. The largest absolute Gasteiger partial charge is 0.456 e. The zero-order valence-electron chi connectivity index (χ0n) is 32.1. The van der Waals surface area contributed by atoms with Crippen LogP contribution in [-0.4, -0.2) is 19.9 Å². The third-order valence-electron chi connectivity index (χ3n) is 11.4. The van der Waals surface area contributed by atoms with Gasteiger partial charge in [-0.15, -0.1) is 0 Å². The number of pyridine rings is 1. The maximum absolute atomic E-state index is 6.23. The van der Waals surface area contributed by atoms with Gasteiger partial charge in [-0.25, -0.2) is 15.0 Å². The smallest absolute Gasteiger partial charge is 0.164 e. The van der Waals surface area contributed by atoms with Gasteiger partial charge < -0.3 is 8.83 Å². The van der Waals surface area contributed by atoms with E-state index in [2.05, 4.69) is 157 Å². The predicted octanol–water partition coefficient (Wildman–Crippen LogP) is 14.2. The molecule has 6 heteroatoms. The number of furan rings is 2. The summed E-state index contributed by atoms with van der Waals surface area (Å²) in [4.78, 5) is 20.0. The number of hydrogen-bond acceptors (Lipinski definition) is 6. The minimum atomic E-state index is 0.576. The number of rotatable bonds is 6. The highest BCUT2D eigenvalue weighted by atomic mass is 16.3. The van der Waals surface area contributed by atoms with E-state index < -0.39 is 0 Å². The summed E-state index contributed by atoms with van der Waals surface area (Å²) in [5, 5.41) is 6.49. The molecule has 280 valence electrons. The first-order chi connectivity index (χ1) is 29.7. The Morgan fingerprint density at radius 2 is 0.817 bits per heavy atom. The van der Waals surface area contributed by atoms with Crippen molar-refractivity contribution >= 4 is 54.6 Å². The molecule has 0 aliphatic heterocycles. The van der Waals surface area contributed by atoms with Crippen molar-refractivity contribution in [3.8, 4) is 67.5 Å². The van der Waals surface area contributed by atoms with E-state index in [0.29, 0.717) is 17.5 Å². The Morgan fingerprint density at radius 1 is 0.300 bits per heavy atom. The highest BCUT2D eigenvalue weighted by Crippen LogP contribution is 2.39. The Labute approximate surface area is 344 Å². The lowest BCUT2D eigenvalue weighted by Gasteiger charge is -2.13. The molecule has 0 unspecified atom stereocenters. The number of para-hydroxylation sites is 2. The second kappa shape index (κ2) is 13.7. The van der Waals surface area contributed by atoms with Gasteiger partial charge in [0.15, 0.2) is 17.5 Å². The number of benzene rings is 8. The van der Waals surface area contributed by atoms with Gasteiger partial charge in [-0.1, -0.05) is 121 Å². The molecule has 60 heavy (non-hydrogen) atoms. The molecular formula is C54H32N4O2. The molecule has 4 aromatic heterocycles. The van der Waals surface area contributed by atoms with E-state index in [-0.39, 0.29) is 0 Å². The van der Waals surface area contributed by atoms with Crippen LogP contribution in [0.2, 0.25) is 0 Å². The van der Waals surface area contributed by atoms with Crippen molar-refractivity contribution in [1.82, 2.24) is 19.9 Å². The highest BCUT2D eigenvalue weighted by Gasteiger charge is 2.18. The Balaban J connectivity index is 1.08. The van der Waals surface area contributed by atoms with Crippen LogP contribution < -0.4 is 0 Å². The van der Waals surface area contributed by atoms with Crippen LogP contribution in [0.25, 0.3) is 122 Å². The Kier molecular flexibility index (Phi) is 7.74. The van der Waals surface area contributed by atoms with Gasteiger partial charge in [0.05, 0.1) is 0 Å². The molecule has 0 saturated heterocycles. The Bertz CT molecular complexity index is 3470. The monoisotopic (exact) mass is 768 g/mol. The number of hydrogen-bond donors (Lipinski definition) is 0. The van der Waals surface area contributed by atoms with Crippen molar-refractivity contribution in [3.63, 3.8) is 0 Å². The first-order valence-corrected chi connectivity index (χ1v) is 19.9. The third-order valence-corrected chi connectivity index (χ3v) is 11.4. The zero-order valence-corrected chi connectivity index (χ0v) is 32.1. The molecular weight excluding hydrogens is 737 g/mol. The average molecular weight is 769 g/mol. The van der Waals surface area contributed by atoms with Crippen LogP contribution in [0, 0.1) is 0 Å². The summed E-state index contributed by atoms with van der Waals surface area (Å²) in [7, 11) is 0. The molecule has 12 rings (SSSR count). The van der Waals surface area contributed by atoms with E-state index in [1.54, 1.807) is 6.20 Å².